The highest BCUT2D eigenvalue weighted by Crippen LogP contribution is 2.39. The number of nitrogens with zero attached hydrogens (tertiary/aromatic N) is 3. The molecule has 1 heterocycles. The normalized spacial score (nSPS) is 10.5. The topological polar surface area (TPSA) is 78.2 Å². The molecule has 1 aromatic carbocycles. The van der Waals surface area contributed by atoms with E-state index in [2.05, 4.69) is 9.97 Å². The van der Waals surface area contributed by atoms with Crippen LogP contribution in [0, 0.1) is 10.1 Å². The molecule has 0 aliphatic rings. The Morgan fingerprint density at radius 2 is 1.86 bits per heavy atom. The van der Waals surface area contributed by atoms with E-state index in [4.69, 9.17) is 51.1 Å². The molecule has 0 bridgehead atoms. The Balaban J connectivity index is 2.51. The van der Waals surface area contributed by atoms with E-state index in [1.165, 1.54) is 6.07 Å². The zero-order valence-corrected chi connectivity index (χ0v) is 13.0. The van der Waals surface area contributed by atoms with Gasteiger partial charge in [-0.1, -0.05) is 34.8 Å². The molecule has 2 rings (SSSR count). The van der Waals surface area contributed by atoms with Gasteiger partial charge in [-0.2, -0.15) is 0 Å². The monoisotopic (exact) mass is 367 g/mol. The Morgan fingerprint density at radius 1 is 1.19 bits per heavy atom. The van der Waals surface area contributed by atoms with E-state index in [1.54, 1.807) is 0 Å². The van der Waals surface area contributed by atoms with Crippen LogP contribution < -0.4 is 4.74 Å². The van der Waals surface area contributed by atoms with E-state index in [1.807, 2.05) is 0 Å². The summed E-state index contributed by atoms with van der Waals surface area (Å²) >= 11 is 23.2. The number of hydrogen-bond donors (Lipinski definition) is 0. The average molecular weight is 369 g/mol. The van der Waals surface area contributed by atoms with Crippen molar-refractivity contribution in [1.29, 1.82) is 0 Å². The Bertz CT molecular complexity index is 711. The summed E-state index contributed by atoms with van der Waals surface area (Å²) in [5.74, 6) is -0.147. The standard InChI is InChI=1S/C11H5Cl4N3O3/c12-3-5-10(15)16-4-17-11(5)21-9-2-7(14)6(13)1-8(9)18(19)20/h1-2,4H,3H2. The lowest BCUT2D eigenvalue weighted by Crippen LogP contribution is -1.99. The number of alkyl halides is 1. The highest BCUT2D eigenvalue weighted by Gasteiger charge is 2.21. The molecule has 0 aliphatic heterocycles. The van der Waals surface area contributed by atoms with Crippen molar-refractivity contribution in [3.8, 4) is 11.6 Å². The maximum absolute atomic E-state index is 11.0. The molecular formula is C11H5Cl4N3O3. The van der Waals surface area contributed by atoms with Gasteiger partial charge in [-0.15, -0.1) is 11.6 Å². The van der Waals surface area contributed by atoms with Crippen molar-refractivity contribution in [2.24, 2.45) is 0 Å². The minimum absolute atomic E-state index is 0.00601. The van der Waals surface area contributed by atoms with Gasteiger partial charge in [0, 0.05) is 12.1 Å². The average Bonchev–Trinajstić information content (AvgIpc) is 2.42. The van der Waals surface area contributed by atoms with Crippen molar-refractivity contribution < 1.29 is 9.66 Å². The van der Waals surface area contributed by atoms with E-state index in [9.17, 15) is 10.1 Å². The predicted octanol–water partition coefficient (Wildman–Crippen LogP) is 4.88. The summed E-state index contributed by atoms with van der Waals surface area (Å²) in [5.41, 5.74) is -0.0548. The molecule has 0 N–H and O–H groups in total. The van der Waals surface area contributed by atoms with E-state index in [0.29, 0.717) is 5.56 Å². The van der Waals surface area contributed by atoms with Gasteiger partial charge in [0.2, 0.25) is 11.6 Å². The molecule has 0 saturated heterocycles. The third-order valence-corrected chi connectivity index (χ3v) is 3.71. The first-order chi connectivity index (χ1) is 9.93. The lowest BCUT2D eigenvalue weighted by atomic mass is 10.3. The van der Waals surface area contributed by atoms with Crippen LogP contribution in [0.5, 0.6) is 11.6 Å². The summed E-state index contributed by atoms with van der Waals surface area (Å²) in [6.07, 6.45) is 1.15. The first-order valence-corrected chi connectivity index (χ1v) is 6.97. The van der Waals surface area contributed by atoms with Gasteiger partial charge in [0.15, 0.2) is 0 Å². The van der Waals surface area contributed by atoms with Crippen LogP contribution in [0.15, 0.2) is 18.5 Å². The fourth-order valence-corrected chi connectivity index (χ4v) is 2.24. The number of ether oxygens (including phenoxy) is 1. The second kappa shape index (κ2) is 6.62. The van der Waals surface area contributed by atoms with E-state index >= 15 is 0 Å². The molecule has 21 heavy (non-hydrogen) atoms. The minimum Gasteiger partial charge on any atom is -0.431 e. The Kier molecular flexibility index (Phi) is 5.05. The third kappa shape index (κ3) is 3.47. The highest BCUT2D eigenvalue weighted by atomic mass is 35.5. The molecule has 0 atom stereocenters. The lowest BCUT2D eigenvalue weighted by molar-refractivity contribution is -0.385. The van der Waals surface area contributed by atoms with E-state index in [0.717, 1.165) is 12.4 Å². The molecule has 6 nitrogen and oxygen atoms in total. The SMILES string of the molecule is O=[N+]([O-])c1cc(Cl)c(Cl)cc1Oc1ncnc(Cl)c1CCl. The molecule has 10 heteroatoms. The number of aromatic nitrogens is 2. The Morgan fingerprint density at radius 3 is 2.48 bits per heavy atom. The summed E-state index contributed by atoms with van der Waals surface area (Å²) in [6, 6.07) is 2.30. The molecule has 1 aromatic heterocycles. The van der Waals surface area contributed by atoms with Crippen LogP contribution in [0.2, 0.25) is 15.2 Å². The first kappa shape index (κ1) is 16.0. The van der Waals surface area contributed by atoms with Crippen molar-refractivity contribution in [2.45, 2.75) is 5.88 Å². The third-order valence-electron chi connectivity index (χ3n) is 2.39. The molecule has 0 aliphatic carbocycles. The number of rotatable bonds is 4. The molecule has 110 valence electrons. The van der Waals surface area contributed by atoms with Crippen LogP contribution >= 0.6 is 46.4 Å². The van der Waals surface area contributed by atoms with Crippen molar-refractivity contribution in [2.75, 3.05) is 0 Å². The maximum Gasteiger partial charge on any atom is 0.313 e. The molecule has 0 radical (unpaired) electrons. The molecule has 0 fully saturated rings. The van der Waals surface area contributed by atoms with Crippen molar-refractivity contribution >= 4 is 52.1 Å². The van der Waals surface area contributed by atoms with Crippen molar-refractivity contribution in [3.05, 3.63) is 49.3 Å². The van der Waals surface area contributed by atoms with Gasteiger partial charge in [0.25, 0.3) is 0 Å². The molecule has 0 amide bonds. The van der Waals surface area contributed by atoms with Gasteiger partial charge in [-0.05, 0) is 0 Å². The summed E-state index contributed by atoms with van der Waals surface area (Å²) in [5, 5.41) is 11.3. The van der Waals surface area contributed by atoms with Crippen molar-refractivity contribution in [1.82, 2.24) is 9.97 Å². The Labute approximate surface area is 138 Å². The van der Waals surface area contributed by atoms with Crippen LogP contribution in [0.3, 0.4) is 0 Å². The minimum atomic E-state index is -0.652. The quantitative estimate of drug-likeness (QED) is 0.332. The number of nitro benzene ring substituents is 1. The molecule has 2 aromatic rings. The van der Waals surface area contributed by atoms with Crippen LogP contribution in [0.1, 0.15) is 5.56 Å². The number of hydrogen-bond acceptors (Lipinski definition) is 5. The fraction of sp³-hybridized carbons (Fsp3) is 0.0909. The molecular weight excluding hydrogens is 364 g/mol. The predicted molar refractivity (Wildman–Crippen MR) is 79.8 cm³/mol. The first-order valence-electron chi connectivity index (χ1n) is 5.30. The zero-order chi connectivity index (χ0) is 15.6. The van der Waals surface area contributed by atoms with Gasteiger partial charge in [-0.3, -0.25) is 10.1 Å². The summed E-state index contributed by atoms with van der Waals surface area (Å²) in [6.45, 7) is 0. The zero-order valence-electron chi connectivity index (χ0n) is 10.0. The van der Waals surface area contributed by atoms with Gasteiger partial charge in [0.1, 0.15) is 11.5 Å². The fourth-order valence-electron chi connectivity index (χ4n) is 1.42. The smallest absolute Gasteiger partial charge is 0.313 e. The van der Waals surface area contributed by atoms with Crippen LogP contribution in [-0.4, -0.2) is 14.9 Å². The second-order valence-corrected chi connectivity index (χ2v) is 5.11. The van der Waals surface area contributed by atoms with E-state index in [-0.39, 0.29) is 38.4 Å². The van der Waals surface area contributed by atoms with E-state index < -0.39 is 4.92 Å². The van der Waals surface area contributed by atoms with Crippen LogP contribution in [0.25, 0.3) is 0 Å². The summed E-state index contributed by atoms with van der Waals surface area (Å²) < 4.78 is 5.40. The van der Waals surface area contributed by atoms with Gasteiger partial charge in [-0.25, -0.2) is 9.97 Å². The number of nitro groups is 1. The number of benzene rings is 1. The largest absolute Gasteiger partial charge is 0.431 e. The Hall–Kier alpha value is -1.34. The second-order valence-electron chi connectivity index (χ2n) is 3.68. The number of halogens is 4. The van der Waals surface area contributed by atoms with Gasteiger partial charge in [0.05, 0.1) is 26.4 Å². The van der Waals surface area contributed by atoms with Crippen LogP contribution in [0.4, 0.5) is 5.69 Å². The molecule has 0 unspecified atom stereocenters. The molecule has 0 spiro atoms. The lowest BCUT2D eigenvalue weighted by Gasteiger charge is -2.10. The van der Waals surface area contributed by atoms with Gasteiger partial charge < -0.3 is 4.74 Å². The molecule has 0 saturated carbocycles. The maximum atomic E-state index is 11.0. The highest BCUT2D eigenvalue weighted by molar-refractivity contribution is 6.42. The van der Waals surface area contributed by atoms with Gasteiger partial charge >= 0.3 is 5.69 Å². The summed E-state index contributed by atoms with van der Waals surface area (Å²) in [7, 11) is 0. The summed E-state index contributed by atoms with van der Waals surface area (Å²) in [4.78, 5) is 18.0. The van der Waals surface area contributed by atoms with Crippen molar-refractivity contribution in [3.63, 3.8) is 0 Å². The van der Waals surface area contributed by atoms with Crippen LogP contribution in [-0.2, 0) is 5.88 Å².